The molecule has 7 heteroatoms. The standard InChI is InChI=1S/C21H21FN2O4/c22-17-4-1-3-14(7-17)12-24-18-10-20-19(27-13-28-20)9-15(18)8-16(21(24)26)11-23-5-2-6-25/h1,3-4,7-10,23,25H,2,5-6,11-13H2. The van der Waals surface area contributed by atoms with E-state index >= 15 is 0 Å². The molecule has 2 heterocycles. The molecule has 0 spiro atoms. The normalized spacial score (nSPS) is 12.6. The maximum Gasteiger partial charge on any atom is 0.255 e. The monoisotopic (exact) mass is 384 g/mol. The smallest absolute Gasteiger partial charge is 0.255 e. The zero-order valence-electron chi connectivity index (χ0n) is 15.3. The summed E-state index contributed by atoms with van der Waals surface area (Å²) in [4.78, 5) is 13.1. The lowest BCUT2D eigenvalue weighted by molar-refractivity contribution is 0.174. The van der Waals surface area contributed by atoms with Crippen LogP contribution >= 0.6 is 0 Å². The summed E-state index contributed by atoms with van der Waals surface area (Å²) in [6.07, 6.45) is 0.615. The van der Waals surface area contributed by atoms with Gasteiger partial charge in [0.05, 0.1) is 12.1 Å². The van der Waals surface area contributed by atoms with Crippen molar-refractivity contribution in [3.05, 3.63) is 69.8 Å². The lowest BCUT2D eigenvalue weighted by Crippen LogP contribution is -2.28. The van der Waals surface area contributed by atoms with E-state index in [0.717, 1.165) is 5.39 Å². The van der Waals surface area contributed by atoms with E-state index in [9.17, 15) is 9.18 Å². The van der Waals surface area contributed by atoms with Crippen LogP contribution in [0.15, 0.2) is 47.3 Å². The molecule has 4 rings (SSSR count). The van der Waals surface area contributed by atoms with Gasteiger partial charge in [0, 0.05) is 30.2 Å². The van der Waals surface area contributed by atoms with Crippen LogP contribution in [-0.2, 0) is 13.1 Å². The van der Waals surface area contributed by atoms with Gasteiger partial charge < -0.3 is 24.5 Å². The fraction of sp³-hybridized carbons (Fsp3) is 0.286. The number of aliphatic hydroxyl groups is 1. The van der Waals surface area contributed by atoms with Crippen molar-refractivity contribution < 1.29 is 19.0 Å². The van der Waals surface area contributed by atoms with Gasteiger partial charge in [0.1, 0.15) is 5.82 Å². The van der Waals surface area contributed by atoms with Gasteiger partial charge in [-0.3, -0.25) is 4.79 Å². The molecular formula is C21H21FN2O4. The predicted molar refractivity (Wildman–Crippen MR) is 103 cm³/mol. The van der Waals surface area contributed by atoms with Gasteiger partial charge in [0.15, 0.2) is 11.5 Å². The average molecular weight is 384 g/mol. The SMILES string of the molecule is O=c1c(CNCCCO)cc2cc3c(cc2n1Cc1cccc(F)c1)OCO3. The number of fused-ring (bicyclic) bond motifs is 2. The van der Waals surface area contributed by atoms with Gasteiger partial charge in [-0.1, -0.05) is 12.1 Å². The predicted octanol–water partition coefficient (Wildman–Crippen LogP) is 2.39. The minimum absolute atomic E-state index is 0.0952. The average Bonchev–Trinajstić information content (AvgIpc) is 3.14. The molecule has 3 aromatic rings. The van der Waals surface area contributed by atoms with Crippen LogP contribution in [0.1, 0.15) is 17.5 Å². The highest BCUT2D eigenvalue weighted by Gasteiger charge is 2.18. The molecule has 0 saturated carbocycles. The third-order valence-electron chi connectivity index (χ3n) is 4.72. The highest BCUT2D eigenvalue weighted by molar-refractivity contribution is 5.84. The maximum absolute atomic E-state index is 13.6. The second-order valence-electron chi connectivity index (χ2n) is 6.71. The summed E-state index contributed by atoms with van der Waals surface area (Å²) in [5.41, 5.74) is 1.86. The van der Waals surface area contributed by atoms with E-state index in [1.54, 1.807) is 22.8 Å². The van der Waals surface area contributed by atoms with E-state index in [0.29, 0.717) is 47.7 Å². The lowest BCUT2D eigenvalue weighted by atomic mass is 10.1. The Morgan fingerprint density at radius 2 is 1.96 bits per heavy atom. The number of hydrogen-bond donors (Lipinski definition) is 2. The molecule has 28 heavy (non-hydrogen) atoms. The molecule has 0 unspecified atom stereocenters. The van der Waals surface area contributed by atoms with Crippen LogP contribution in [0.2, 0.25) is 0 Å². The number of aromatic nitrogens is 1. The largest absolute Gasteiger partial charge is 0.454 e. The number of nitrogens with one attached hydrogen (secondary N) is 1. The zero-order chi connectivity index (χ0) is 19.5. The van der Waals surface area contributed by atoms with Gasteiger partial charge in [-0.05, 0) is 42.8 Å². The Labute approximate surface area is 161 Å². The molecule has 6 nitrogen and oxygen atoms in total. The molecule has 2 aromatic carbocycles. The number of hydrogen-bond acceptors (Lipinski definition) is 5. The number of benzene rings is 2. The number of pyridine rings is 1. The minimum atomic E-state index is -0.339. The molecule has 2 N–H and O–H groups in total. The number of nitrogens with zero attached hydrogens (tertiary/aromatic N) is 1. The van der Waals surface area contributed by atoms with Crippen molar-refractivity contribution in [3.63, 3.8) is 0 Å². The molecule has 0 radical (unpaired) electrons. The van der Waals surface area contributed by atoms with E-state index in [2.05, 4.69) is 5.32 Å². The molecule has 0 bridgehead atoms. The molecule has 1 aliphatic rings. The Balaban J connectivity index is 1.79. The third-order valence-corrected chi connectivity index (χ3v) is 4.72. The third kappa shape index (κ3) is 3.72. The van der Waals surface area contributed by atoms with Crippen molar-refractivity contribution in [3.8, 4) is 11.5 Å². The molecule has 0 fully saturated rings. The highest BCUT2D eigenvalue weighted by atomic mass is 19.1. The van der Waals surface area contributed by atoms with Crippen molar-refractivity contribution in [1.29, 1.82) is 0 Å². The Morgan fingerprint density at radius 1 is 1.14 bits per heavy atom. The summed E-state index contributed by atoms with van der Waals surface area (Å²) >= 11 is 0. The van der Waals surface area contributed by atoms with Gasteiger partial charge >= 0.3 is 0 Å². The first-order valence-electron chi connectivity index (χ1n) is 9.18. The molecule has 0 atom stereocenters. The van der Waals surface area contributed by atoms with Crippen molar-refractivity contribution in [2.45, 2.75) is 19.5 Å². The van der Waals surface area contributed by atoms with Crippen LogP contribution in [0.3, 0.4) is 0 Å². The van der Waals surface area contributed by atoms with Gasteiger partial charge in [-0.25, -0.2) is 4.39 Å². The first-order chi connectivity index (χ1) is 13.7. The Hall–Kier alpha value is -2.90. The Morgan fingerprint density at radius 3 is 2.75 bits per heavy atom. The van der Waals surface area contributed by atoms with E-state index in [4.69, 9.17) is 14.6 Å². The van der Waals surface area contributed by atoms with Crippen molar-refractivity contribution in [2.24, 2.45) is 0 Å². The second kappa shape index (κ2) is 8.00. The van der Waals surface area contributed by atoms with Gasteiger partial charge in [0.25, 0.3) is 5.56 Å². The summed E-state index contributed by atoms with van der Waals surface area (Å²) in [5.74, 6) is 0.894. The molecule has 1 aromatic heterocycles. The summed E-state index contributed by atoms with van der Waals surface area (Å²) in [6, 6.07) is 11.7. The number of ether oxygens (including phenoxy) is 2. The Kier molecular flexibility index (Phi) is 5.27. The van der Waals surface area contributed by atoms with Crippen LogP contribution in [0.25, 0.3) is 10.9 Å². The fourth-order valence-corrected chi connectivity index (χ4v) is 3.36. The number of halogens is 1. The van der Waals surface area contributed by atoms with E-state index in [1.807, 2.05) is 12.1 Å². The van der Waals surface area contributed by atoms with Crippen LogP contribution in [0.4, 0.5) is 4.39 Å². The summed E-state index contributed by atoms with van der Waals surface area (Å²) in [7, 11) is 0. The topological polar surface area (TPSA) is 72.7 Å². The van der Waals surface area contributed by atoms with Crippen LogP contribution < -0.4 is 20.3 Å². The van der Waals surface area contributed by atoms with E-state index < -0.39 is 0 Å². The van der Waals surface area contributed by atoms with Crippen LogP contribution in [0.5, 0.6) is 11.5 Å². The van der Waals surface area contributed by atoms with Gasteiger partial charge in [0.2, 0.25) is 6.79 Å². The molecule has 0 saturated heterocycles. The van der Waals surface area contributed by atoms with E-state index in [-0.39, 0.29) is 31.3 Å². The maximum atomic E-state index is 13.6. The summed E-state index contributed by atoms with van der Waals surface area (Å²) < 4.78 is 26.2. The van der Waals surface area contributed by atoms with Gasteiger partial charge in [-0.2, -0.15) is 0 Å². The first kappa shape index (κ1) is 18.5. The van der Waals surface area contributed by atoms with Gasteiger partial charge in [-0.15, -0.1) is 0 Å². The molecule has 0 amide bonds. The van der Waals surface area contributed by atoms with Crippen LogP contribution in [-0.4, -0.2) is 29.6 Å². The zero-order valence-corrected chi connectivity index (χ0v) is 15.3. The van der Waals surface area contributed by atoms with Crippen LogP contribution in [0, 0.1) is 5.82 Å². The van der Waals surface area contributed by atoms with Crippen molar-refractivity contribution in [1.82, 2.24) is 9.88 Å². The molecule has 0 aliphatic carbocycles. The molecule has 146 valence electrons. The highest BCUT2D eigenvalue weighted by Crippen LogP contribution is 2.36. The summed E-state index contributed by atoms with van der Waals surface area (Å²) in [5, 5.41) is 12.9. The van der Waals surface area contributed by atoms with Crippen molar-refractivity contribution in [2.75, 3.05) is 19.9 Å². The minimum Gasteiger partial charge on any atom is -0.454 e. The molecule has 1 aliphatic heterocycles. The quantitative estimate of drug-likeness (QED) is 0.612. The Bertz CT molecular complexity index is 1060. The first-order valence-corrected chi connectivity index (χ1v) is 9.18. The lowest BCUT2D eigenvalue weighted by Gasteiger charge is -2.14. The molecular weight excluding hydrogens is 363 g/mol. The number of rotatable bonds is 7. The summed E-state index contributed by atoms with van der Waals surface area (Å²) in [6.45, 7) is 1.48. The second-order valence-corrected chi connectivity index (χ2v) is 6.71. The van der Waals surface area contributed by atoms with E-state index in [1.165, 1.54) is 12.1 Å². The van der Waals surface area contributed by atoms with Crippen molar-refractivity contribution >= 4 is 10.9 Å². The fourth-order valence-electron chi connectivity index (χ4n) is 3.36. The number of aliphatic hydroxyl groups excluding tert-OH is 1.